The average Bonchev–Trinajstić information content (AvgIpc) is 2.62. The molecule has 0 aliphatic carbocycles. The zero-order chi connectivity index (χ0) is 19.2. The zero-order valence-electron chi connectivity index (χ0n) is 14.6. The van der Waals surface area contributed by atoms with Crippen LogP contribution in [-0.4, -0.2) is 33.8 Å². The Hall–Kier alpha value is -2.71. The smallest absolute Gasteiger partial charge is 0.253 e. The zero-order valence-corrected chi connectivity index (χ0v) is 15.4. The summed E-state index contributed by atoms with van der Waals surface area (Å²) in [5, 5.41) is 5.19. The Morgan fingerprint density at radius 2 is 1.69 bits per heavy atom. The van der Waals surface area contributed by atoms with Gasteiger partial charge in [-0.25, -0.2) is 13.1 Å². The molecular weight excluding hydrogens is 354 g/mol. The number of sulfonamides is 1. The predicted molar refractivity (Wildman–Crippen MR) is 99.4 cm³/mol. The summed E-state index contributed by atoms with van der Waals surface area (Å²) in [5.41, 5.74) is 1.50. The number of carbonyl (C=O) groups is 2. The molecule has 0 radical (unpaired) electrons. The maximum atomic E-state index is 12.1. The average molecular weight is 375 g/mol. The highest BCUT2D eigenvalue weighted by molar-refractivity contribution is 7.89. The van der Waals surface area contributed by atoms with Crippen molar-refractivity contribution in [1.82, 2.24) is 10.0 Å². The Kier molecular flexibility index (Phi) is 6.48. The normalized spacial score (nSPS) is 11.0. The minimum Gasteiger partial charge on any atom is -0.355 e. The van der Waals surface area contributed by atoms with Crippen LogP contribution >= 0.6 is 0 Å². The Labute approximate surface area is 152 Å². The molecule has 7 nitrogen and oxygen atoms in total. The van der Waals surface area contributed by atoms with Gasteiger partial charge < -0.3 is 10.6 Å². The number of amides is 2. The van der Waals surface area contributed by atoms with Gasteiger partial charge in [0, 0.05) is 20.0 Å². The van der Waals surface area contributed by atoms with E-state index in [1.54, 1.807) is 43.3 Å². The van der Waals surface area contributed by atoms with E-state index in [1.807, 2.05) is 0 Å². The summed E-state index contributed by atoms with van der Waals surface area (Å²) in [7, 11) is -2.14. The van der Waals surface area contributed by atoms with E-state index in [4.69, 9.17) is 0 Å². The van der Waals surface area contributed by atoms with Crippen molar-refractivity contribution in [2.75, 3.05) is 18.9 Å². The molecule has 0 atom stereocenters. The summed E-state index contributed by atoms with van der Waals surface area (Å²) in [4.78, 5) is 24.3. The van der Waals surface area contributed by atoms with Gasteiger partial charge in [-0.15, -0.1) is 0 Å². The molecule has 0 saturated heterocycles. The molecule has 0 spiro atoms. The molecule has 0 heterocycles. The minimum absolute atomic E-state index is 0.0514. The Balaban J connectivity index is 1.98. The van der Waals surface area contributed by atoms with E-state index in [-0.39, 0.29) is 23.8 Å². The number of nitrogens with one attached hydrogen (secondary N) is 3. The number of anilines is 1. The van der Waals surface area contributed by atoms with Gasteiger partial charge in [0.1, 0.15) is 0 Å². The second kappa shape index (κ2) is 8.59. The molecule has 8 heteroatoms. The molecule has 138 valence electrons. The third-order valence-electron chi connectivity index (χ3n) is 3.70. The summed E-state index contributed by atoms with van der Waals surface area (Å²) in [5.74, 6) is -0.695. The van der Waals surface area contributed by atoms with Crippen molar-refractivity contribution in [3.63, 3.8) is 0 Å². The molecule has 0 unspecified atom stereocenters. The first kappa shape index (κ1) is 19.6. The molecule has 0 aliphatic heterocycles. The molecular formula is C18H21N3O4S. The van der Waals surface area contributed by atoms with Gasteiger partial charge in [0.05, 0.1) is 16.1 Å². The van der Waals surface area contributed by atoms with E-state index >= 15 is 0 Å². The second-order valence-electron chi connectivity index (χ2n) is 5.59. The Morgan fingerprint density at radius 3 is 2.35 bits per heavy atom. The summed E-state index contributed by atoms with van der Waals surface area (Å²) < 4.78 is 26.6. The largest absolute Gasteiger partial charge is 0.355 e. The van der Waals surface area contributed by atoms with Crippen LogP contribution in [0.25, 0.3) is 0 Å². The molecule has 0 bridgehead atoms. The van der Waals surface area contributed by atoms with Gasteiger partial charge in [-0.05, 0) is 30.7 Å². The van der Waals surface area contributed by atoms with Gasteiger partial charge >= 0.3 is 0 Å². The summed E-state index contributed by atoms with van der Waals surface area (Å²) in [6, 6.07) is 13.1. The quantitative estimate of drug-likeness (QED) is 0.684. The fourth-order valence-electron chi connectivity index (χ4n) is 2.39. The number of benzene rings is 2. The highest BCUT2D eigenvalue weighted by Gasteiger charge is 2.16. The molecule has 2 aromatic rings. The van der Waals surface area contributed by atoms with E-state index in [2.05, 4.69) is 15.4 Å². The van der Waals surface area contributed by atoms with E-state index in [9.17, 15) is 18.0 Å². The van der Waals surface area contributed by atoms with E-state index in [0.717, 1.165) is 5.56 Å². The number of aryl methyl sites for hydroxylation is 1. The van der Waals surface area contributed by atoms with Crippen LogP contribution in [0.4, 0.5) is 5.69 Å². The predicted octanol–water partition coefficient (Wildman–Crippen LogP) is 1.66. The molecule has 2 rings (SSSR count). The maximum Gasteiger partial charge on any atom is 0.253 e. The number of hydrogen-bond acceptors (Lipinski definition) is 4. The highest BCUT2D eigenvalue weighted by atomic mass is 32.2. The van der Waals surface area contributed by atoms with Gasteiger partial charge in [0.25, 0.3) is 5.91 Å². The molecule has 0 aromatic heterocycles. The second-order valence-corrected chi connectivity index (χ2v) is 7.35. The van der Waals surface area contributed by atoms with Crippen LogP contribution in [-0.2, 0) is 14.8 Å². The van der Waals surface area contributed by atoms with E-state index in [0.29, 0.717) is 11.3 Å². The van der Waals surface area contributed by atoms with Gasteiger partial charge in [-0.1, -0.05) is 30.3 Å². The lowest BCUT2D eigenvalue weighted by Gasteiger charge is -2.13. The lowest BCUT2D eigenvalue weighted by molar-refractivity contribution is -0.116. The highest BCUT2D eigenvalue weighted by Crippen LogP contribution is 2.19. The van der Waals surface area contributed by atoms with Crippen molar-refractivity contribution in [3.05, 3.63) is 59.7 Å². The number of hydrogen-bond donors (Lipinski definition) is 3. The Morgan fingerprint density at radius 1 is 1.00 bits per heavy atom. The van der Waals surface area contributed by atoms with Gasteiger partial charge in [0.2, 0.25) is 15.9 Å². The molecule has 2 aromatic carbocycles. The van der Waals surface area contributed by atoms with E-state index < -0.39 is 15.9 Å². The first-order chi connectivity index (χ1) is 12.3. The lowest BCUT2D eigenvalue weighted by atomic mass is 10.1. The van der Waals surface area contributed by atoms with Crippen LogP contribution < -0.4 is 15.4 Å². The number of rotatable bonds is 7. The van der Waals surface area contributed by atoms with E-state index in [1.165, 1.54) is 19.2 Å². The van der Waals surface area contributed by atoms with Crippen molar-refractivity contribution in [2.24, 2.45) is 0 Å². The van der Waals surface area contributed by atoms with Crippen LogP contribution in [0, 0.1) is 6.92 Å². The molecule has 2 amide bonds. The maximum absolute atomic E-state index is 12.1. The topological polar surface area (TPSA) is 104 Å². The van der Waals surface area contributed by atoms with Crippen LogP contribution in [0.1, 0.15) is 22.3 Å². The standard InChI is InChI=1S/C18H21N3O4S/c1-13-7-6-10-15(17(13)18(23)19-2)21-16(22)11-12-20-26(24,25)14-8-4-3-5-9-14/h3-10,20H,11-12H2,1-2H3,(H,19,23)(H,21,22). The fourth-order valence-corrected chi connectivity index (χ4v) is 3.45. The third kappa shape index (κ3) is 4.90. The summed E-state index contributed by atoms with van der Waals surface area (Å²) >= 11 is 0. The minimum atomic E-state index is -3.66. The molecule has 0 aliphatic rings. The van der Waals surface area contributed by atoms with Crippen LogP contribution in [0.15, 0.2) is 53.4 Å². The lowest BCUT2D eigenvalue weighted by Crippen LogP contribution is -2.28. The first-order valence-corrected chi connectivity index (χ1v) is 9.49. The first-order valence-electron chi connectivity index (χ1n) is 8.01. The monoisotopic (exact) mass is 375 g/mol. The molecule has 3 N–H and O–H groups in total. The van der Waals surface area contributed by atoms with Crippen molar-refractivity contribution >= 4 is 27.5 Å². The molecule has 0 saturated carbocycles. The van der Waals surface area contributed by atoms with Gasteiger partial charge in [-0.2, -0.15) is 0 Å². The van der Waals surface area contributed by atoms with Crippen molar-refractivity contribution in [3.8, 4) is 0 Å². The fraction of sp³-hybridized carbons (Fsp3) is 0.222. The third-order valence-corrected chi connectivity index (χ3v) is 5.18. The SMILES string of the molecule is CNC(=O)c1c(C)cccc1NC(=O)CCNS(=O)(=O)c1ccccc1. The van der Waals surface area contributed by atoms with Crippen LogP contribution in [0.2, 0.25) is 0 Å². The van der Waals surface area contributed by atoms with Crippen molar-refractivity contribution in [1.29, 1.82) is 0 Å². The van der Waals surface area contributed by atoms with Crippen LogP contribution in [0.5, 0.6) is 0 Å². The van der Waals surface area contributed by atoms with Crippen molar-refractivity contribution in [2.45, 2.75) is 18.2 Å². The van der Waals surface area contributed by atoms with Gasteiger partial charge in [0.15, 0.2) is 0 Å². The van der Waals surface area contributed by atoms with Crippen molar-refractivity contribution < 1.29 is 18.0 Å². The Bertz CT molecular complexity index is 896. The van der Waals surface area contributed by atoms with Gasteiger partial charge in [-0.3, -0.25) is 9.59 Å². The summed E-state index contributed by atoms with van der Waals surface area (Å²) in [6.45, 7) is 1.72. The molecule has 0 fully saturated rings. The summed E-state index contributed by atoms with van der Waals surface area (Å²) in [6.07, 6.45) is -0.0623. The molecule has 26 heavy (non-hydrogen) atoms. The number of carbonyl (C=O) groups excluding carboxylic acids is 2. The van der Waals surface area contributed by atoms with Crippen LogP contribution in [0.3, 0.4) is 0 Å².